The fourth-order valence-corrected chi connectivity index (χ4v) is 3.51. The molecule has 0 aliphatic rings. The van der Waals surface area contributed by atoms with Crippen molar-refractivity contribution in [3.8, 4) is 11.5 Å². The number of carbonyl (C=O) groups is 1. The molecule has 2 atom stereocenters. The molecule has 2 aromatic carbocycles. The fraction of sp³-hybridized carbons (Fsp3) is 0.409. The summed E-state index contributed by atoms with van der Waals surface area (Å²) in [6.07, 6.45) is 0.718. The van der Waals surface area contributed by atoms with E-state index in [0.29, 0.717) is 0 Å². The van der Waals surface area contributed by atoms with E-state index in [1.54, 1.807) is 31.4 Å². The summed E-state index contributed by atoms with van der Waals surface area (Å²) in [6, 6.07) is 14.3. The van der Waals surface area contributed by atoms with Crippen LogP contribution in [0.25, 0.3) is 0 Å². The highest BCUT2D eigenvalue weighted by Crippen LogP contribution is 2.38. The van der Waals surface area contributed by atoms with Crippen LogP contribution in [-0.4, -0.2) is 59.5 Å². The number of hydrogen-bond acceptors (Lipinski definition) is 5. The molecule has 0 aliphatic carbocycles. The molecule has 0 radical (unpaired) electrons. The lowest BCUT2D eigenvalue weighted by atomic mass is 9.79. The van der Waals surface area contributed by atoms with E-state index < -0.39 is 5.92 Å². The molecule has 0 bridgehead atoms. The van der Waals surface area contributed by atoms with Gasteiger partial charge in [0.15, 0.2) is 0 Å². The van der Waals surface area contributed by atoms with Gasteiger partial charge in [-0.15, -0.1) is 0 Å². The number of rotatable bonds is 10. The van der Waals surface area contributed by atoms with E-state index >= 15 is 0 Å². The van der Waals surface area contributed by atoms with Crippen LogP contribution >= 0.6 is 0 Å². The van der Waals surface area contributed by atoms with E-state index in [0.717, 1.165) is 23.3 Å². The molecular formula is C22H29NO5. The van der Waals surface area contributed by atoms with E-state index in [4.69, 9.17) is 4.74 Å². The maximum absolute atomic E-state index is 13.4. The van der Waals surface area contributed by atoms with E-state index in [9.17, 15) is 20.1 Å². The molecule has 2 unspecified atom stereocenters. The molecule has 2 rings (SSSR count). The molecule has 0 saturated heterocycles. The van der Waals surface area contributed by atoms with Gasteiger partial charge in [0, 0.05) is 13.1 Å². The van der Waals surface area contributed by atoms with E-state index in [-0.39, 0.29) is 43.9 Å². The molecule has 6 nitrogen and oxygen atoms in total. The summed E-state index contributed by atoms with van der Waals surface area (Å²) in [6.45, 7) is 2.00. The third-order valence-corrected chi connectivity index (χ3v) is 4.96. The third-order valence-electron chi connectivity index (χ3n) is 4.96. The Bertz CT molecular complexity index is 724. The zero-order valence-corrected chi connectivity index (χ0v) is 16.4. The first-order valence-electron chi connectivity index (χ1n) is 9.49. The van der Waals surface area contributed by atoms with Crippen molar-refractivity contribution in [1.29, 1.82) is 0 Å². The summed E-state index contributed by atoms with van der Waals surface area (Å²) in [4.78, 5) is 14.9. The van der Waals surface area contributed by atoms with Crippen LogP contribution in [0.2, 0.25) is 0 Å². The number of aliphatic hydroxyl groups excluding tert-OH is 2. The predicted octanol–water partition coefficient (Wildman–Crippen LogP) is 2.49. The van der Waals surface area contributed by atoms with Crippen molar-refractivity contribution in [3.63, 3.8) is 0 Å². The number of phenolic OH excluding ortho intramolecular Hbond substituents is 1. The first-order chi connectivity index (χ1) is 13.5. The second-order valence-corrected chi connectivity index (χ2v) is 6.63. The van der Waals surface area contributed by atoms with Crippen molar-refractivity contribution in [2.24, 2.45) is 0 Å². The maximum atomic E-state index is 13.4. The number of hydrogen-bond donors (Lipinski definition) is 3. The lowest BCUT2D eigenvalue weighted by Crippen LogP contribution is -2.40. The number of aliphatic hydroxyl groups is 2. The van der Waals surface area contributed by atoms with Gasteiger partial charge >= 0.3 is 0 Å². The van der Waals surface area contributed by atoms with Crippen molar-refractivity contribution in [2.75, 3.05) is 33.4 Å². The molecule has 0 saturated carbocycles. The van der Waals surface area contributed by atoms with Crippen LogP contribution in [0.15, 0.2) is 48.5 Å². The van der Waals surface area contributed by atoms with Crippen LogP contribution in [0.5, 0.6) is 11.5 Å². The van der Waals surface area contributed by atoms with E-state index in [1.807, 2.05) is 31.2 Å². The largest absolute Gasteiger partial charge is 0.508 e. The second-order valence-electron chi connectivity index (χ2n) is 6.63. The number of methoxy groups -OCH3 is 1. The topological polar surface area (TPSA) is 90.2 Å². The highest BCUT2D eigenvalue weighted by molar-refractivity contribution is 5.85. The highest BCUT2D eigenvalue weighted by Gasteiger charge is 2.33. The Hall–Kier alpha value is -2.57. The SMILES string of the molecule is CCC(c1ccc(OC)cc1)C(C(=O)N(CCO)CCO)c1ccc(O)cc1. The van der Waals surface area contributed by atoms with Crippen molar-refractivity contribution >= 4 is 5.91 Å². The lowest BCUT2D eigenvalue weighted by Gasteiger charge is -2.32. The molecule has 3 N–H and O–H groups in total. The molecular weight excluding hydrogens is 358 g/mol. The van der Waals surface area contributed by atoms with Gasteiger partial charge < -0.3 is 25.0 Å². The van der Waals surface area contributed by atoms with Crippen molar-refractivity contribution < 1.29 is 24.9 Å². The van der Waals surface area contributed by atoms with Gasteiger partial charge in [0.05, 0.1) is 26.2 Å². The second kappa shape index (κ2) is 10.7. The molecule has 0 spiro atoms. The summed E-state index contributed by atoms with van der Waals surface area (Å²) in [5, 5.41) is 28.3. The zero-order valence-electron chi connectivity index (χ0n) is 16.4. The molecule has 0 aliphatic heterocycles. The molecule has 6 heteroatoms. The number of ether oxygens (including phenoxy) is 1. The third kappa shape index (κ3) is 5.24. The average Bonchev–Trinajstić information content (AvgIpc) is 2.72. The summed E-state index contributed by atoms with van der Waals surface area (Å²) < 4.78 is 5.23. The maximum Gasteiger partial charge on any atom is 0.230 e. The van der Waals surface area contributed by atoms with Crippen LogP contribution in [0, 0.1) is 0 Å². The Morgan fingerprint density at radius 3 is 1.96 bits per heavy atom. The standard InChI is InChI=1S/C22H29NO5/c1-3-20(16-6-10-19(28-2)11-7-16)21(17-4-8-18(26)9-5-17)22(27)23(12-14-24)13-15-25/h4-11,20-21,24-26H,3,12-15H2,1-2H3. The van der Waals surface area contributed by atoms with Gasteiger partial charge in [-0.1, -0.05) is 31.2 Å². The average molecular weight is 387 g/mol. The lowest BCUT2D eigenvalue weighted by molar-refractivity contribution is -0.134. The molecule has 28 heavy (non-hydrogen) atoms. The smallest absolute Gasteiger partial charge is 0.230 e. The van der Waals surface area contributed by atoms with Crippen molar-refractivity contribution in [3.05, 3.63) is 59.7 Å². The van der Waals surface area contributed by atoms with Crippen LogP contribution in [-0.2, 0) is 4.79 Å². The quantitative estimate of drug-likeness (QED) is 0.583. The Morgan fingerprint density at radius 1 is 0.964 bits per heavy atom. The molecule has 0 aromatic heterocycles. The fourth-order valence-electron chi connectivity index (χ4n) is 3.51. The first kappa shape index (κ1) is 21.7. The minimum Gasteiger partial charge on any atom is -0.508 e. The summed E-state index contributed by atoms with van der Waals surface area (Å²) in [5.74, 6) is 0.111. The number of carbonyl (C=O) groups excluding carboxylic acids is 1. The zero-order chi connectivity index (χ0) is 20.5. The van der Waals surface area contributed by atoms with E-state index in [2.05, 4.69) is 0 Å². The van der Waals surface area contributed by atoms with Crippen LogP contribution in [0.3, 0.4) is 0 Å². The van der Waals surface area contributed by atoms with Gasteiger partial charge in [-0.25, -0.2) is 0 Å². The van der Waals surface area contributed by atoms with Crippen LogP contribution in [0.1, 0.15) is 36.3 Å². The molecule has 2 aromatic rings. The summed E-state index contributed by atoms with van der Waals surface area (Å²) >= 11 is 0. The summed E-state index contributed by atoms with van der Waals surface area (Å²) in [5.41, 5.74) is 1.79. The van der Waals surface area contributed by atoms with Crippen LogP contribution < -0.4 is 4.74 Å². The Balaban J connectivity index is 2.47. The predicted molar refractivity (Wildman–Crippen MR) is 108 cm³/mol. The molecule has 152 valence electrons. The number of amides is 1. The number of aromatic hydroxyl groups is 1. The molecule has 0 heterocycles. The summed E-state index contributed by atoms with van der Waals surface area (Å²) in [7, 11) is 1.61. The van der Waals surface area contributed by atoms with Crippen LogP contribution in [0.4, 0.5) is 0 Å². The number of phenols is 1. The van der Waals surface area contributed by atoms with Gasteiger partial charge in [-0.3, -0.25) is 4.79 Å². The van der Waals surface area contributed by atoms with Gasteiger partial charge in [-0.05, 0) is 47.7 Å². The van der Waals surface area contributed by atoms with Gasteiger partial charge in [-0.2, -0.15) is 0 Å². The van der Waals surface area contributed by atoms with Gasteiger partial charge in [0.1, 0.15) is 11.5 Å². The molecule has 0 fully saturated rings. The molecule has 1 amide bonds. The van der Waals surface area contributed by atoms with Crippen molar-refractivity contribution in [2.45, 2.75) is 25.2 Å². The number of benzene rings is 2. The van der Waals surface area contributed by atoms with E-state index in [1.165, 1.54) is 4.90 Å². The minimum atomic E-state index is -0.503. The Labute approximate surface area is 166 Å². The van der Waals surface area contributed by atoms with Gasteiger partial charge in [0.2, 0.25) is 5.91 Å². The Kier molecular flexibility index (Phi) is 8.29. The minimum absolute atomic E-state index is 0.108. The normalized spacial score (nSPS) is 13.0. The monoisotopic (exact) mass is 387 g/mol. The Morgan fingerprint density at radius 2 is 1.50 bits per heavy atom. The highest BCUT2D eigenvalue weighted by atomic mass is 16.5. The first-order valence-corrected chi connectivity index (χ1v) is 9.49. The van der Waals surface area contributed by atoms with Crippen molar-refractivity contribution in [1.82, 2.24) is 4.90 Å². The van der Waals surface area contributed by atoms with Gasteiger partial charge in [0.25, 0.3) is 0 Å². The number of nitrogens with zero attached hydrogens (tertiary/aromatic N) is 1.